The summed E-state index contributed by atoms with van der Waals surface area (Å²) in [5.41, 5.74) is 0. The maximum Gasteiger partial charge on any atom is 0.321 e. The number of hydrogen-bond acceptors (Lipinski definition) is 3. The van der Waals surface area contributed by atoms with Gasteiger partial charge in [-0.25, -0.2) is 0 Å². The van der Waals surface area contributed by atoms with Crippen LogP contribution in [0.5, 0.6) is 0 Å². The lowest BCUT2D eigenvalue weighted by molar-refractivity contribution is -0.142. The molecule has 0 bridgehead atoms. The van der Waals surface area contributed by atoms with E-state index in [9.17, 15) is 9.90 Å². The largest absolute Gasteiger partial charge is 0.480 e. The molecule has 0 aromatic carbocycles. The van der Waals surface area contributed by atoms with E-state index in [2.05, 4.69) is 31.4 Å². The number of nitrogens with zero attached hydrogens (tertiary/aromatic N) is 1. The van der Waals surface area contributed by atoms with E-state index in [-0.39, 0.29) is 0 Å². The van der Waals surface area contributed by atoms with Crippen LogP contribution >= 0.6 is 12.6 Å². The first-order chi connectivity index (χ1) is 15.2. The summed E-state index contributed by atoms with van der Waals surface area (Å²) < 4.78 is 0. The molecule has 0 amide bonds. The minimum Gasteiger partial charge on any atom is -0.480 e. The van der Waals surface area contributed by atoms with Crippen LogP contribution in [0, 0.1) is 0 Å². The van der Waals surface area contributed by atoms with Crippen LogP contribution in [0.3, 0.4) is 0 Å². The Morgan fingerprint density at radius 3 is 1.16 bits per heavy atom. The molecule has 0 radical (unpaired) electrons. The number of thiol groups is 1. The zero-order chi connectivity index (χ0) is 23.0. The van der Waals surface area contributed by atoms with E-state index in [1.807, 2.05) is 0 Å². The minimum absolute atomic E-state index is 0.408. The molecule has 186 valence electrons. The maximum absolute atomic E-state index is 11.6. The molecule has 0 rings (SSSR count). The van der Waals surface area contributed by atoms with Crippen molar-refractivity contribution in [2.24, 2.45) is 0 Å². The van der Waals surface area contributed by atoms with Crippen molar-refractivity contribution in [2.75, 3.05) is 18.8 Å². The van der Waals surface area contributed by atoms with E-state index < -0.39 is 12.0 Å². The molecule has 0 fully saturated rings. The molecule has 4 heteroatoms. The second-order valence-electron chi connectivity index (χ2n) is 9.44. The van der Waals surface area contributed by atoms with Crippen molar-refractivity contribution in [3.05, 3.63) is 0 Å². The zero-order valence-electron chi connectivity index (χ0n) is 21.1. The molecule has 0 aliphatic rings. The maximum atomic E-state index is 11.6. The second-order valence-corrected chi connectivity index (χ2v) is 9.80. The minimum atomic E-state index is -0.714. The quantitative estimate of drug-likeness (QED) is 0.107. The summed E-state index contributed by atoms with van der Waals surface area (Å²) in [6.45, 7) is 6.35. The van der Waals surface area contributed by atoms with Crippen molar-refractivity contribution < 1.29 is 9.90 Å². The van der Waals surface area contributed by atoms with Gasteiger partial charge in [0.05, 0.1) is 0 Å². The highest BCUT2D eigenvalue weighted by molar-refractivity contribution is 7.80. The SMILES string of the molecule is CCCCCCCCCCCCN(CCCCCCCCCCCC)C(CS)C(=O)O. The van der Waals surface area contributed by atoms with Crippen molar-refractivity contribution in [1.82, 2.24) is 4.90 Å². The van der Waals surface area contributed by atoms with Crippen LogP contribution in [0.2, 0.25) is 0 Å². The summed E-state index contributed by atoms with van der Waals surface area (Å²) in [7, 11) is 0. The van der Waals surface area contributed by atoms with Crippen LogP contribution in [0.4, 0.5) is 0 Å². The highest BCUT2D eigenvalue weighted by Gasteiger charge is 2.23. The number of hydrogen-bond donors (Lipinski definition) is 2. The summed E-state index contributed by atoms with van der Waals surface area (Å²) >= 11 is 4.32. The number of carboxylic acid groups (broad SMARTS) is 1. The van der Waals surface area contributed by atoms with Gasteiger partial charge in [0.25, 0.3) is 0 Å². The Morgan fingerprint density at radius 2 is 0.903 bits per heavy atom. The van der Waals surface area contributed by atoms with Crippen LogP contribution in [0.25, 0.3) is 0 Å². The number of unbranched alkanes of at least 4 members (excludes halogenated alkanes) is 18. The summed E-state index contributed by atoms with van der Waals surface area (Å²) in [6.07, 6.45) is 26.4. The Bertz CT molecular complexity index is 354. The van der Waals surface area contributed by atoms with Crippen LogP contribution in [-0.2, 0) is 4.79 Å². The first kappa shape index (κ1) is 30.8. The van der Waals surface area contributed by atoms with Gasteiger partial charge in [0.1, 0.15) is 6.04 Å². The number of carbonyl (C=O) groups is 1. The van der Waals surface area contributed by atoms with Crippen molar-refractivity contribution in [2.45, 2.75) is 148 Å². The van der Waals surface area contributed by atoms with Gasteiger partial charge in [-0.3, -0.25) is 9.69 Å². The summed E-state index contributed by atoms with van der Waals surface area (Å²) in [5, 5.41) is 9.58. The van der Waals surface area contributed by atoms with Crippen LogP contribution in [0.15, 0.2) is 0 Å². The molecule has 1 N–H and O–H groups in total. The standard InChI is InChI=1S/C27H55NO2S/c1-3-5-7-9-11-13-15-17-19-21-23-28(26(25-31)27(29)30)24-22-20-18-16-14-12-10-8-6-4-2/h26,31H,3-25H2,1-2H3,(H,29,30). The van der Waals surface area contributed by atoms with Gasteiger partial charge in [0.2, 0.25) is 0 Å². The average molecular weight is 458 g/mol. The van der Waals surface area contributed by atoms with E-state index >= 15 is 0 Å². The van der Waals surface area contributed by atoms with Crippen LogP contribution in [0.1, 0.15) is 142 Å². The van der Waals surface area contributed by atoms with E-state index in [0.717, 1.165) is 25.9 Å². The zero-order valence-corrected chi connectivity index (χ0v) is 22.0. The molecule has 0 aliphatic carbocycles. The van der Waals surface area contributed by atoms with Crippen molar-refractivity contribution >= 4 is 18.6 Å². The summed E-state index contributed by atoms with van der Waals surface area (Å²) in [6, 6.07) is -0.430. The number of rotatable bonds is 25. The Kier molecular flexibility index (Phi) is 24.2. The highest BCUT2D eigenvalue weighted by atomic mass is 32.1. The van der Waals surface area contributed by atoms with Crippen LogP contribution < -0.4 is 0 Å². The molecular formula is C27H55NO2S. The molecule has 0 saturated heterocycles. The smallest absolute Gasteiger partial charge is 0.321 e. The van der Waals surface area contributed by atoms with Crippen LogP contribution in [-0.4, -0.2) is 40.9 Å². The van der Waals surface area contributed by atoms with E-state index in [1.54, 1.807) is 0 Å². The first-order valence-corrected chi connectivity index (χ1v) is 14.4. The van der Waals surface area contributed by atoms with Gasteiger partial charge in [-0.15, -0.1) is 0 Å². The molecule has 1 unspecified atom stereocenters. The van der Waals surface area contributed by atoms with Gasteiger partial charge in [0, 0.05) is 5.75 Å². The van der Waals surface area contributed by atoms with Gasteiger partial charge >= 0.3 is 5.97 Å². The predicted molar refractivity (Wildman–Crippen MR) is 141 cm³/mol. The Labute approximate surface area is 200 Å². The molecule has 31 heavy (non-hydrogen) atoms. The lowest BCUT2D eigenvalue weighted by atomic mass is 10.1. The molecular weight excluding hydrogens is 402 g/mol. The van der Waals surface area contributed by atoms with Crippen molar-refractivity contribution in [3.8, 4) is 0 Å². The third-order valence-corrected chi connectivity index (χ3v) is 6.84. The molecule has 0 heterocycles. The Balaban J connectivity index is 3.88. The lowest BCUT2D eigenvalue weighted by Crippen LogP contribution is -2.43. The van der Waals surface area contributed by atoms with E-state index in [4.69, 9.17) is 0 Å². The topological polar surface area (TPSA) is 40.5 Å². The first-order valence-electron chi connectivity index (χ1n) is 13.7. The van der Waals surface area contributed by atoms with Crippen molar-refractivity contribution in [3.63, 3.8) is 0 Å². The summed E-state index contributed by atoms with van der Waals surface area (Å²) in [4.78, 5) is 13.8. The molecule has 0 aliphatic heterocycles. The molecule has 0 spiro atoms. The third-order valence-electron chi connectivity index (χ3n) is 6.50. The van der Waals surface area contributed by atoms with Gasteiger partial charge in [0.15, 0.2) is 0 Å². The molecule has 3 nitrogen and oxygen atoms in total. The van der Waals surface area contributed by atoms with Gasteiger partial charge < -0.3 is 5.11 Å². The van der Waals surface area contributed by atoms with E-state index in [0.29, 0.717) is 5.75 Å². The molecule has 0 saturated carbocycles. The number of carboxylic acids is 1. The molecule has 1 atom stereocenters. The van der Waals surface area contributed by atoms with Crippen molar-refractivity contribution in [1.29, 1.82) is 0 Å². The predicted octanol–water partition coefficient (Wildman–Crippen LogP) is 8.51. The molecule has 0 aromatic rings. The van der Waals surface area contributed by atoms with E-state index in [1.165, 1.54) is 116 Å². The molecule has 0 aromatic heterocycles. The number of aliphatic carboxylic acids is 1. The van der Waals surface area contributed by atoms with Gasteiger partial charge in [-0.1, -0.05) is 129 Å². The third kappa shape index (κ3) is 20.1. The fraction of sp³-hybridized carbons (Fsp3) is 0.963. The average Bonchev–Trinajstić information content (AvgIpc) is 2.76. The lowest BCUT2D eigenvalue weighted by Gasteiger charge is -2.28. The fourth-order valence-corrected chi connectivity index (χ4v) is 4.77. The Morgan fingerprint density at radius 1 is 0.613 bits per heavy atom. The second kappa shape index (κ2) is 24.4. The monoisotopic (exact) mass is 457 g/mol. The fourth-order valence-electron chi connectivity index (χ4n) is 4.38. The summed E-state index contributed by atoms with van der Waals surface area (Å²) in [5.74, 6) is -0.306. The normalized spacial score (nSPS) is 12.5. The van der Waals surface area contributed by atoms with Gasteiger partial charge in [-0.2, -0.15) is 12.6 Å². The Hall–Kier alpha value is -0.220. The highest BCUT2D eigenvalue weighted by Crippen LogP contribution is 2.14. The van der Waals surface area contributed by atoms with Gasteiger partial charge in [-0.05, 0) is 25.9 Å².